The fraction of sp³-hybridized carbons (Fsp3) is 0.333. The third kappa shape index (κ3) is 4.23. The molecule has 0 amide bonds. The van der Waals surface area contributed by atoms with Crippen LogP contribution < -0.4 is 14.8 Å². The average Bonchev–Trinajstić information content (AvgIpc) is 2.55. The van der Waals surface area contributed by atoms with Crippen LogP contribution >= 0.6 is 0 Å². The molecule has 3 nitrogen and oxygen atoms in total. The molecule has 0 saturated carbocycles. The standard InChI is InChI=1S/C18H21NO2/c1-2-5-15(6-3-1)14-20-17-7-4-8-18(13-17)21-16-9-11-19-12-10-16/h1-8,13,16,19H,9-12,14H2. The molecule has 1 N–H and O–H groups in total. The molecule has 1 aliphatic heterocycles. The summed E-state index contributed by atoms with van der Waals surface area (Å²) in [7, 11) is 0. The van der Waals surface area contributed by atoms with E-state index >= 15 is 0 Å². The van der Waals surface area contributed by atoms with Gasteiger partial charge in [0.25, 0.3) is 0 Å². The maximum absolute atomic E-state index is 6.03. The van der Waals surface area contributed by atoms with Crippen LogP contribution in [0.3, 0.4) is 0 Å². The summed E-state index contributed by atoms with van der Waals surface area (Å²) in [6.07, 6.45) is 2.44. The summed E-state index contributed by atoms with van der Waals surface area (Å²) in [5.74, 6) is 1.75. The predicted octanol–water partition coefficient (Wildman–Crippen LogP) is 3.40. The van der Waals surface area contributed by atoms with E-state index in [-0.39, 0.29) is 0 Å². The van der Waals surface area contributed by atoms with Gasteiger partial charge in [0.15, 0.2) is 0 Å². The molecular formula is C18H21NO2. The molecule has 3 rings (SSSR count). The Bertz CT molecular complexity index is 550. The summed E-state index contributed by atoms with van der Waals surface area (Å²) in [5, 5.41) is 3.35. The summed E-state index contributed by atoms with van der Waals surface area (Å²) in [5.41, 5.74) is 1.17. The highest BCUT2D eigenvalue weighted by Crippen LogP contribution is 2.23. The van der Waals surface area contributed by atoms with E-state index in [1.807, 2.05) is 42.5 Å². The second kappa shape index (κ2) is 7.14. The maximum Gasteiger partial charge on any atom is 0.123 e. The monoisotopic (exact) mass is 283 g/mol. The fourth-order valence-corrected chi connectivity index (χ4v) is 2.48. The SMILES string of the molecule is c1ccc(COc2cccc(OC3CCNCC3)c2)cc1. The van der Waals surface area contributed by atoms with Crippen molar-refractivity contribution < 1.29 is 9.47 Å². The topological polar surface area (TPSA) is 30.5 Å². The smallest absolute Gasteiger partial charge is 0.123 e. The van der Waals surface area contributed by atoms with E-state index in [0.29, 0.717) is 12.7 Å². The highest BCUT2D eigenvalue weighted by Gasteiger charge is 2.14. The molecule has 1 saturated heterocycles. The van der Waals surface area contributed by atoms with Crippen LogP contribution in [0.2, 0.25) is 0 Å². The highest BCUT2D eigenvalue weighted by molar-refractivity contribution is 5.33. The summed E-state index contributed by atoms with van der Waals surface area (Å²) < 4.78 is 11.9. The number of piperidine rings is 1. The molecular weight excluding hydrogens is 262 g/mol. The number of hydrogen-bond donors (Lipinski definition) is 1. The van der Waals surface area contributed by atoms with Crippen LogP contribution in [0.5, 0.6) is 11.5 Å². The molecule has 0 radical (unpaired) electrons. The lowest BCUT2D eigenvalue weighted by atomic mass is 10.1. The van der Waals surface area contributed by atoms with E-state index in [2.05, 4.69) is 17.4 Å². The lowest BCUT2D eigenvalue weighted by Gasteiger charge is -2.24. The average molecular weight is 283 g/mol. The largest absolute Gasteiger partial charge is 0.490 e. The van der Waals surface area contributed by atoms with Crippen molar-refractivity contribution in [2.24, 2.45) is 0 Å². The zero-order valence-corrected chi connectivity index (χ0v) is 12.1. The fourth-order valence-electron chi connectivity index (χ4n) is 2.48. The minimum Gasteiger partial charge on any atom is -0.490 e. The van der Waals surface area contributed by atoms with Gasteiger partial charge in [-0.2, -0.15) is 0 Å². The van der Waals surface area contributed by atoms with Crippen LogP contribution in [0.25, 0.3) is 0 Å². The Morgan fingerprint density at radius 1 is 0.905 bits per heavy atom. The van der Waals surface area contributed by atoms with E-state index in [9.17, 15) is 0 Å². The van der Waals surface area contributed by atoms with E-state index in [4.69, 9.17) is 9.47 Å². The van der Waals surface area contributed by atoms with Gasteiger partial charge in [-0.3, -0.25) is 0 Å². The molecule has 1 aliphatic rings. The van der Waals surface area contributed by atoms with Gasteiger partial charge in [-0.05, 0) is 43.6 Å². The summed E-state index contributed by atoms with van der Waals surface area (Å²) in [6, 6.07) is 18.1. The van der Waals surface area contributed by atoms with Gasteiger partial charge in [-0.25, -0.2) is 0 Å². The van der Waals surface area contributed by atoms with Crippen LogP contribution in [-0.2, 0) is 6.61 Å². The van der Waals surface area contributed by atoms with E-state index in [1.165, 1.54) is 5.56 Å². The van der Waals surface area contributed by atoms with Gasteiger partial charge in [0, 0.05) is 6.07 Å². The first-order chi connectivity index (χ1) is 10.4. The normalized spacial score (nSPS) is 15.6. The molecule has 0 bridgehead atoms. The van der Waals surface area contributed by atoms with Crippen molar-refractivity contribution in [1.82, 2.24) is 5.32 Å². The van der Waals surface area contributed by atoms with Gasteiger partial charge in [-0.1, -0.05) is 36.4 Å². The van der Waals surface area contributed by atoms with E-state index in [1.54, 1.807) is 0 Å². The third-order valence-electron chi connectivity index (χ3n) is 3.64. The molecule has 1 fully saturated rings. The molecule has 0 spiro atoms. The van der Waals surface area contributed by atoms with Gasteiger partial charge < -0.3 is 14.8 Å². The lowest BCUT2D eigenvalue weighted by molar-refractivity contribution is 0.161. The Morgan fingerprint density at radius 2 is 1.67 bits per heavy atom. The quantitative estimate of drug-likeness (QED) is 0.912. The number of benzene rings is 2. The molecule has 2 aromatic carbocycles. The summed E-state index contributed by atoms with van der Waals surface area (Å²) >= 11 is 0. The third-order valence-corrected chi connectivity index (χ3v) is 3.64. The van der Waals surface area contributed by atoms with Crippen LogP contribution in [0.4, 0.5) is 0 Å². The van der Waals surface area contributed by atoms with Gasteiger partial charge in [0.05, 0.1) is 0 Å². The predicted molar refractivity (Wildman–Crippen MR) is 83.7 cm³/mol. The maximum atomic E-state index is 6.03. The summed E-state index contributed by atoms with van der Waals surface area (Å²) in [6.45, 7) is 2.65. The first-order valence-electron chi connectivity index (χ1n) is 7.54. The Balaban J connectivity index is 1.57. The zero-order chi connectivity index (χ0) is 14.3. The molecule has 0 aliphatic carbocycles. The van der Waals surface area contributed by atoms with Crippen molar-refractivity contribution in [3.8, 4) is 11.5 Å². The van der Waals surface area contributed by atoms with Gasteiger partial charge in [0.2, 0.25) is 0 Å². The number of hydrogen-bond acceptors (Lipinski definition) is 3. The molecule has 0 atom stereocenters. The Labute approximate surface area is 125 Å². The molecule has 0 aromatic heterocycles. The number of ether oxygens (including phenoxy) is 2. The second-order valence-corrected chi connectivity index (χ2v) is 5.32. The van der Waals surface area contributed by atoms with E-state index < -0.39 is 0 Å². The summed E-state index contributed by atoms with van der Waals surface area (Å²) in [4.78, 5) is 0. The Hall–Kier alpha value is -2.00. The lowest BCUT2D eigenvalue weighted by Crippen LogP contribution is -2.34. The van der Waals surface area contributed by atoms with Gasteiger partial charge in [-0.15, -0.1) is 0 Å². The van der Waals surface area contributed by atoms with Crippen molar-refractivity contribution in [1.29, 1.82) is 0 Å². The Kier molecular flexibility index (Phi) is 4.74. The van der Waals surface area contributed by atoms with Crippen LogP contribution in [0.1, 0.15) is 18.4 Å². The number of rotatable bonds is 5. The molecule has 2 aromatic rings. The van der Waals surface area contributed by atoms with Crippen molar-refractivity contribution in [2.45, 2.75) is 25.6 Å². The molecule has 21 heavy (non-hydrogen) atoms. The first-order valence-corrected chi connectivity index (χ1v) is 7.54. The Morgan fingerprint density at radius 3 is 2.48 bits per heavy atom. The minimum atomic E-state index is 0.315. The van der Waals surface area contributed by atoms with E-state index in [0.717, 1.165) is 37.4 Å². The van der Waals surface area contributed by atoms with Crippen molar-refractivity contribution >= 4 is 0 Å². The van der Waals surface area contributed by atoms with Crippen LogP contribution in [-0.4, -0.2) is 19.2 Å². The molecule has 3 heteroatoms. The molecule has 1 heterocycles. The molecule has 0 unspecified atom stereocenters. The van der Waals surface area contributed by atoms with Crippen molar-refractivity contribution in [3.63, 3.8) is 0 Å². The highest BCUT2D eigenvalue weighted by atomic mass is 16.5. The first kappa shape index (κ1) is 14.0. The minimum absolute atomic E-state index is 0.315. The van der Waals surface area contributed by atoms with Crippen LogP contribution in [0.15, 0.2) is 54.6 Å². The second-order valence-electron chi connectivity index (χ2n) is 5.32. The zero-order valence-electron chi connectivity index (χ0n) is 12.1. The van der Waals surface area contributed by atoms with Gasteiger partial charge >= 0.3 is 0 Å². The molecule has 110 valence electrons. The van der Waals surface area contributed by atoms with Gasteiger partial charge in [0.1, 0.15) is 24.2 Å². The van der Waals surface area contributed by atoms with Crippen LogP contribution in [0, 0.1) is 0 Å². The van der Waals surface area contributed by atoms with Crippen molar-refractivity contribution in [3.05, 3.63) is 60.2 Å². The van der Waals surface area contributed by atoms with Crippen molar-refractivity contribution in [2.75, 3.05) is 13.1 Å². The number of nitrogens with one attached hydrogen (secondary N) is 1.